The second-order valence-electron chi connectivity index (χ2n) is 15.5. The van der Waals surface area contributed by atoms with E-state index in [2.05, 4.69) is 22.9 Å². The van der Waals surface area contributed by atoms with Gasteiger partial charge in [-0.2, -0.15) is 5.26 Å². The number of hydrogen-bond acceptors (Lipinski definition) is 13. The lowest BCUT2D eigenvalue weighted by molar-refractivity contribution is -0.0154. The predicted molar refractivity (Wildman–Crippen MR) is 182 cm³/mol. The first kappa shape index (κ1) is 30.1. The molecule has 10 rings (SSSR count). The molecular weight excluding hydrogens is 643 g/mol. The number of ether oxygens (including phenoxy) is 2. The molecule has 8 heterocycles. The summed E-state index contributed by atoms with van der Waals surface area (Å²) < 4.78 is 21.1. The zero-order valence-electron chi connectivity index (χ0n) is 27.9. The Kier molecular flexibility index (Phi) is 6.52. The van der Waals surface area contributed by atoms with Crippen LogP contribution >= 0.6 is 11.3 Å². The molecule has 0 aromatic carbocycles. The van der Waals surface area contributed by atoms with Crippen LogP contribution in [0.3, 0.4) is 0 Å². The molecule has 5 unspecified atom stereocenters. The van der Waals surface area contributed by atoms with Crippen molar-refractivity contribution in [1.29, 1.82) is 5.26 Å². The van der Waals surface area contributed by atoms with E-state index in [-0.39, 0.29) is 18.1 Å². The van der Waals surface area contributed by atoms with Crippen LogP contribution in [0.15, 0.2) is 4.52 Å². The molecular formula is C35H41N9O4S. The maximum absolute atomic E-state index is 11.3. The minimum atomic E-state index is -0.871. The van der Waals surface area contributed by atoms with Crippen molar-refractivity contribution in [3.8, 4) is 23.5 Å². The molecule has 49 heavy (non-hydrogen) atoms. The van der Waals surface area contributed by atoms with Gasteiger partial charge in [-0.15, -0.1) is 16.4 Å². The summed E-state index contributed by atoms with van der Waals surface area (Å²) in [6, 6.07) is 2.68. The van der Waals surface area contributed by atoms with Gasteiger partial charge in [0.1, 0.15) is 28.9 Å². The monoisotopic (exact) mass is 683 g/mol. The molecule has 3 N–H and O–H groups in total. The highest BCUT2D eigenvalue weighted by atomic mass is 32.1. The Morgan fingerprint density at radius 3 is 2.82 bits per heavy atom. The summed E-state index contributed by atoms with van der Waals surface area (Å²) in [5.74, 6) is 2.98. The van der Waals surface area contributed by atoms with Gasteiger partial charge in [-0.3, -0.25) is 0 Å². The number of likely N-dealkylation sites (N-methyl/N-ethyl adjacent to an activating group) is 1. The number of nitriles is 1. The van der Waals surface area contributed by atoms with Crippen molar-refractivity contribution in [3.05, 3.63) is 27.3 Å². The van der Waals surface area contributed by atoms with Crippen LogP contribution in [0.1, 0.15) is 85.2 Å². The van der Waals surface area contributed by atoms with Gasteiger partial charge in [-0.05, 0) is 83.9 Å². The minimum Gasteiger partial charge on any atom is -0.474 e. The van der Waals surface area contributed by atoms with Crippen molar-refractivity contribution in [3.63, 3.8) is 0 Å². The molecule has 256 valence electrons. The minimum absolute atomic E-state index is 0.0424. The Morgan fingerprint density at radius 2 is 1.96 bits per heavy atom. The number of fused-ring (bicyclic) bond motifs is 7. The average molecular weight is 684 g/mol. The molecule has 4 aromatic rings. The van der Waals surface area contributed by atoms with E-state index in [0.29, 0.717) is 65.7 Å². The number of likely N-dealkylation sites (tertiary alicyclic amines) is 1. The lowest BCUT2D eigenvalue weighted by atomic mass is 9.63. The van der Waals surface area contributed by atoms with E-state index in [9.17, 15) is 10.4 Å². The van der Waals surface area contributed by atoms with Crippen LogP contribution in [0.5, 0.6) is 5.88 Å². The van der Waals surface area contributed by atoms with Crippen LogP contribution in [-0.4, -0.2) is 92.6 Å². The summed E-state index contributed by atoms with van der Waals surface area (Å²) in [5.41, 5.74) is 9.06. The summed E-state index contributed by atoms with van der Waals surface area (Å²) >= 11 is 1.54. The summed E-state index contributed by atoms with van der Waals surface area (Å²) in [5, 5.41) is 32.7. The number of piperidine rings is 1. The number of nitrogens with zero attached hydrogens (tertiary/aromatic N) is 8. The third-order valence-corrected chi connectivity index (χ3v) is 13.5. The second-order valence-corrected chi connectivity index (χ2v) is 16.6. The fourth-order valence-electron chi connectivity index (χ4n) is 10.2. The largest absolute Gasteiger partial charge is 0.474 e. The molecule has 0 radical (unpaired) electrons. The zero-order chi connectivity index (χ0) is 33.2. The molecule has 0 bridgehead atoms. The van der Waals surface area contributed by atoms with Crippen molar-refractivity contribution in [2.75, 3.05) is 50.6 Å². The smallest absolute Gasteiger partial charge is 0.246 e. The van der Waals surface area contributed by atoms with Crippen LogP contribution in [-0.2, 0) is 23.0 Å². The van der Waals surface area contributed by atoms with E-state index in [1.54, 1.807) is 11.3 Å². The first-order chi connectivity index (χ1) is 23.8. The highest BCUT2D eigenvalue weighted by Gasteiger charge is 2.50. The van der Waals surface area contributed by atoms with Crippen molar-refractivity contribution in [1.82, 2.24) is 29.8 Å². The Hall–Kier alpha value is -3.77. The summed E-state index contributed by atoms with van der Waals surface area (Å²) in [6.45, 7) is 5.08. The highest BCUT2D eigenvalue weighted by Crippen LogP contribution is 2.55. The van der Waals surface area contributed by atoms with Gasteiger partial charge in [0.15, 0.2) is 22.9 Å². The van der Waals surface area contributed by atoms with Crippen molar-refractivity contribution in [2.24, 2.45) is 5.92 Å². The molecule has 2 aliphatic carbocycles. The predicted octanol–water partition coefficient (Wildman–Crippen LogP) is 3.96. The van der Waals surface area contributed by atoms with Gasteiger partial charge in [0.2, 0.25) is 5.88 Å². The molecule has 0 saturated carbocycles. The van der Waals surface area contributed by atoms with E-state index in [4.69, 9.17) is 40.0 Å². The molecule has 3 fully saturated rings. The molecule has 4 aliphatic heterocycles. The molecule has 1 spiro atoms. The average Bonchev–Trinajstić information content (AvgIpc) is 3.85. The van der Waals surface area contributed by atoms with E-state index in [0.717, 1.165) is 92.6 Å². The number of aryl methyl sites for hydroxylation is 1. The quantitative estimate of drug-likeness (QED) is 0.313. The van der Waals surface area contributed by atoms with Crippen LogP contribution in [0.25, 0.3) is 22.6 Å². The standard InChI is InChI=1S/C35H41N9O4S/c1-34(45)11-7-19-15-47-33-24-31(43(19)17-34)38-30(39-32(24)44(40-33)22-16-46-14-18-8-12-42(2)27(18)22)26-20-5-3-9-35(28(20)48-41-26)10-4-6-23-25(35)21(13-36)29(37)49-23/h18-19,22,27,45H,3-12,14-17,37H2,1-2H3/t18?,19?,22?,27?,34?,35-/m0/s1. The van der Waals surface area contributed by atoms with Crippen molar-refractivity contribution in [2.45, 2.75) is 93.9 Å². The number of thiophene rings is 1. The zero-order valence-corrected chi connectivity index (χ0v) is 28.8. The molecule has 4 aromatic heterocycles. The number of aliphatic hydroxyl groups is 1. The highest BCUT2D eigenvalue weighted by molar-refractivity contribution is 7.16. The van der Waals surface area contributed by atoms with Crippen molar-refractivity contribution >= 4 is 33.2 Å². The maximum atomic E-state index is 11.3. The molecule has 6 aliphatic rings. The summed E-state index contributed by atoms with van der Waals surface area (Å²) in [7, 11) is 2.19. The Morgan fingerprint density at radius 1 is 1.10 bits per heavy atom. The van der Waals surface area contributed by atoms with E-state index in [1.807, 2.05) is 11.6 Å². The van der Waals surface area contributed by atoms with Gasteiger partial charge in [-0.25, -0.2) is 14.6 Å². The van der Waals surface area contributed by atoms with Crippen LogP contribution in [0.4, 0.5) is 10.8 Å². The number of aromatic nitrogens is 5. The number of hydrogen-bond donors (Lipinski definition) is 2. The van der Waals surface area contributed by atoms with Crippen LogP contribution in [0.2, 0.25) is 0 Å². The molecule has 0 amide bonds. The number of nitrogens with two attached hydrogens (primary N) is 1. The lowest BCUT2D eigenvalue weighted by Crippen LogP contribution is -2.53. The summed E-state index contributed by atoms with van der Waals surface area (Å²) in [4.78, 5) is 16.4. The Balaban J connectivity index is 1.18. The Bertz CT molecular complexity index is 2040. The topological polar surface area (TPSA) is 165 Å². The molecule has 3 saturated heterocycles. The van der Waals surface area contributed by atoms with Crippen LogP contribution in [0, 0.1) is 17.2 Å². The first-order valence-corrected chi connectivity index (χ1v) is 18.6. The van der Waals surface area contributed by atoms with Gasteiger partial charge < -0.3 is 34.6 Å². The van der Waals surface area contributed by atoms with Gasteiger partial charge >= 0.3 is 0 Å². The fraction of sp³-hybridized carbons (Fsp3) is 0.629. The molecule has 13 nitrogen and oxygen atoms in total. The SMILES string of the molecule is CN1CCC2COCC(n3nc4c5c(nc(-c6noc7c6CCC[C@@]76CCCc7sc(N)c(C#N)c76)nc53)N3CC(C)(O)CCC3CO4)C21. The third-order valence-electron chi connectivity index (χ3n) is 12.4. The second kappa shape index (κ2) is 10.6. The molecule has 14 heteroatoms. The van der Waals surface area contributed by atoms with Gasteiger partial charge in [0.25, 0.3) is 0 Å². The summed E-state index contributed by atoms with van der Waals surface area (Å²) in [6.07, 6.45) is 7.95. The number of rotatable bonds is 2. The van der Waals surface area contributed by atoms with Crippen molar-refractivity contribution < 1.29 is 19.1 Å². The number of nitrogen functional groups attached to an aromatic ring is 1. The van der Waals surface area contributed by atoms with Crippen LogP contribution < -0.4 is 15.4 Å². The first-order valence-electron chi connectivity index (χ1n) is 17.8. The van der Waals surface area contributed by atoms with E-state index < -0.39 is 11.0 Å². The third kappa shape index (κ3) is 4.25. The fourth-order valence-corrected chi connectivity index (χ4v) is 11.3. The van der Waals surface area contributed by atoms with E-state index >= 15 is 0 Å². The van der Waals surface area contributed by atoms with Gasteiger partial charge in [0, 0.05) is 28.9 Å². The molecule has 6 atom stereocenters. The van der Waals surface area contributed by atoms with Gasteiger partial charge in [-0.1, -0.05) is 5.16 Å². The lowest BCUT2D eigenvalue weighted by Gasteiger charge is -2.42. The number of anilines is 2. The Labute approximate surface area is 288 Å². The van der Waals surface area contributed by atoms with Gasteiger partial charge in [0.05, 0.1) is 41.9 Å². The van der Waals surface area contributed by atoms with E-state index in [1.165, 1.54) is 4.88 Å². The normalized spacial score (nSPS) is 32.2. The maximum Gasteiger partial charge on any atom is 0.246 e.